The summed E-state index contributed by atoms with van der Waals surface area (Å²) in [5.74, 6) is -0.690. The summed E-state index contributed by atoms with van der Waals surface area (Å²) in [5.41, 5.74) is 7.13. The van der Waals surface area contributed by atoms with Crippen LogP contribution in [0.4, 0.5) is 5.69 Å². The van der Waals surface area contributed by atoms with Crippen molar-refractivity contribution in [3.63, 3.8) is 0 Å². The number of hydrogen-bond acceptors (Lipinski definition) is 4. The zero-order chi connectivity index (χ0) is 15.2. The molecule has 1 aromatic carbocycles. The van der Waals surface area contributed by atoms with Crippen molar-refractivity contribution in [1.82, 2.24) is 5.32 Å². The Morgan fingerprint density at radius 1 is 1.57 bits per heavy atom. The van der Waals surface area contributed by atoms with E-state index in [4.69, 9.17) is 11.1 Å². The summed E-state index contributed by atoms with van der Waals surface area (Å²) < 4.78 is 0. The van der Waals surface area contributed by atoms with Crippen molar-refractivity contribution >= 4 is 17.5 Å². The number of hydrogen-bond donors (Lipinski definition) is 5. The van der Waals surface area contributed by atoms with Gasteiger partial charge < -0.3 is 21.5 Å². The third kappa shape index (κ3) is 4.27. The number of carboxylic acids is 1. The van der Waals surface area contributed by atoms with E-state index in [1.54, 1.807) is 0 Å². The highest BCUT2D eigenvalue weighted by molar-refractivity contribution is 5.94. The van der Waals surface area contributed by atoms with E-state index < -0.39 is 5.97 Å². The molecule has 0 bridgehead atoms. The average molecular weight is 290 g/mol. The van der Waals surface area contributed by atoms with Gasteiger partial charge in [0.05, 0.1) is 12.5 Å². The molecule has 1 aliphatic rings. The van der Waals surface area contributed by atoms with Gasteiger partial charge in [-0.15, -0.1) is 0 Å². The topological polar surface area (TPSA) is 111 Å². The molecular formula is C15H22N4O2. The summed E-state index contributed by atoms with van der Waals surface area (Å²) in [7, 11) is 0. The zero-order valence-corrected chi connectivity index (χ0v) is 11.9. The largest absolute Gasteiger partial charge is 0.481 e. The number of benzene rings is 1. The number of nitrogens with two attached hydrogens (primary N) is 1. The van der Waals surface area contributed by atoms with Crippen molar-refractivity contribution in [1.29, 1.82) is 5.41 Å². The second-order valence-corrected chi connectivity index (χ2v) is 5.41. The number of aliphatic carboxylic acids is 1. The van der Waals surface area contributed by atoms with Gasteiger partial charge in [-0.25, -0.2) is 0 Å². The molecule has 2 rings (SSSR count). The SMILES string of the molecule is N=C(CN)Nc1cccc(C[C@H](C(=O)O)[C@H]2CCNC2)c1. The lowest BCUT2D eigenvalue weighted by atomic mass is 9.86. The van der Waals surface area contributed by atoms with Gasteiger partial charge in [0.1, 0.15) is 5.84 Å². The maximum absolute atomic E-state index is 11.5. The monoisotopic (exact) mass is 290 g/mol. The van der Waals surface area contributed by atoms with Crippen LogP contribution in [0.15, 0.2) is 24.3 Å². The Balaban J connectivity index is 2.07. The van der Waals surface area contributed by atoms with Crippen LogP contribution in [-0.4, -0.2) is 36.5 Å². The molecule has 1 fully saturated rings. The Labute approximate surface area is 124 Å². The quantitative estimate of drug-likeness (QED) is 0.394. The number of anilines is 1. The highest BCUT2D eigenvalue weighted by atomic mass is 16.4. The van der Waals surface area contributed by atoms with Gasteiger partial charge >= 0.3 is 5.97 Å². The van der Waals surface area contributed by atoms with E-state index in [0.29, 0.717) is 6.42 Å². The number of carbonyl (C=O) groups is 1. The van der Waals surface area contributed by atoms with Crippen molar-refractivity contribution in [2.75, 3.05) is 25.0 Å². The van der Waals surface area contributed by atoms with Crippen LogP contribution in [-0.2, 0) is 11.2 Å². The van der Waals surface area contributed by atoms with E-state index in [0.717, 1.165) is 30.8 Å². The maximum atomic E-state index is 11.5. The van der Waals surface area contributed by atoms with Crippen LogP contribution in [0.2, 0.25) is 0 Å². The maximum Gasteiger partial charge on any atom is 0.307 e. The first-order valence-electron chi connectivity index (χ1n) is 7.17. The van der Waals surface area contributed by atoms with Crippen molar-refractivity contribution in [3.05, 3.63) is 29.8 Å². The predicted molar refractivity (Wildman–Crippen MR) is 82.7 cm³/mol. The van der Waals surface area contributed by atoms with Gasteiger partial charge in [-0.05, 0) is 49.5 Å². The van der Waals surface area contributed by atoms with E-state index in [9.17, 15) is 9.90 Å². The molecule has 0 amide bonds. The molecule has 0 unspecified atom stereocenters. The van der Waals surface area contributed by atoms with Crippen LogP contribution in [0.5, 0.6) is 0 Å². The van der Waals surface area contributed by atoms with E-state index in [1.807, 2.05) is 24.3 Å². The van der Waals surface area contributed by atoms with Crippen LogP contribution < -0.4 is 16.4 Å². The highest BCUT2D eigenvalue weighted by Gasteiger charge is 2.30. The fourth-order valence-corrected chi connectivity index (χ4v) is 2.73. The molecule has 1 saturated heterocycles. The first-order chi connectivity index (χ1) is 10.1. The number of carboxylic acid groups (broad SMARTS) is 1. The molecule has 1 aromatic rings. The standard InChI is InChI=1S/C15H22N4O2/c16-8-14(17)19-12-3-1-2-10(6-12)7-13(15(20)21)11-4-5-18-9-11/h1-3,6,11,13,18H,4-5,7-9,16H2,(H2,17,19)(H,20,21)/t11-,13-/m0/s1. The molecule has 6 heteroatoms. The molecule has 0 aliphatic carbocycles. The van der Waals surface area contributed by atoms with Crippen molar-refractivity contribution in [2.45, 2.75) is 12.8 Å². The molecule has 1 aliphatic heterocycles. The number of rotatable bonds is 6. The number of amidine groups is 1. The summed E-state index contributed by atoms with van der Waals surface area (Å²) in [6.07, 6.45) is 1.42. The molecule has 114 valence electrons. The van der Waals surface area contributed by atoms with Crippen LogP contribution in [0.25, 0.3) is 0 Å². The molecule has 0 aromatic heterocycles. The lowest BCUT2D eigenvalue weighted by molar-refractivity contribution is -0.143. The van der Waals surface area contributed by atoms with E-state index >= 15 is 0 Å². The third-order valence-corrected chi connectivity index (χ3v) is 3.87. The minimum absolute atomic E-state index is 0.149. The van der Waals surface area contributed by atoms with Crippen LogP contribution in [0, 0.1) is 17.2 Å². The zero-order valence-electron chi connectivity index (χ0n) is 11.9. The van der Waals surface area contributed by atoms with Crippen molar-refractivity contribution < 1.29 is 9.90 Å². The van der Waals surface area contributed by atoms with E-state index in [-0.39, 0.29) is 24.2 Å². The lowest BCUT2D eigenvalue weighted by Gasteiger charge is -2.19. The van der Waals surface area contributed by atoms with E-state index in [1.165, 1.54) is 0 Å². The molecule has 6 N–H and O–H groups in total. The first-order valence-corrected chi connectivity index (χ1v) is 7.17. The van der Waals surface area contributed by atoms with Gasteiger partial charge in [0.2, 0.25) is 0 Å². The average Bonchev–Trinajstić information content (AvgIpc) is 2.98. The molecule has 0 saturated carbocycles. The van der Waals surface area contributed by atoms with Crippen LogP contribution in [0.1, 0.15) is 12.0 Å². The molecule has 6 nitrogen and oxygen atoms in total. The van der Waals surface area contributed by atoms with Gasteiger partial charge in [-0.2, -0.15) is 0 Å². The van der Waals surface area contributed by atoms with Gasteiger partial charge in [-0.1, -0.05) is 12.1 Å². The summed E-state index contributed by atoms with van der Waals surface area (Å²) in [4.78, 5) is 11.5. The Kier molecular flexibility index (Phi) is 5.30. The van der Waals surface area contributed by atoms with Gasteiger partial charge in [0, 0.05) is 5.69 Å². The van der Waals surface area contributed by atoms with Gasteiger partial charge in [-0.3, -0.25) is 10.2 Å². The van der Waals surface area contributed by atoms with Gasteiger partial charge in [0.15, 0.2) is 0 Å². The molecule has 2 atom stereocenters. The molecular weight excluding hydrogens is 268 g/mol. The fourth-order valence-electron chi connectivity index (χ4n) is 2.73. The minimum atomic E-state index is -0.739. The normalized spacial score (nSPS) is 19.2. The minimum Gasteiger partial charge on any atom is -0.481 e. The van der Waals surface area contributed by atoms with Crippen LogP contribution >= 0.6 is 0 Å². The molecule has 0 spiro atoms. The molecule has 21 heavy (non-hydrogen) atoms. The summed E-state index contributed by atoms with van der Waals surface area (Å²) in [6.45, 7) is 1.81. The van der Waals surface area contributed by atoms with Crippen molar-refractivity contribution in [2.24, 2.45) is 17.6 Å². The van der Waals surface area contributed by atoms with E-state index in [2.05, 4.69) is 10.6 Å². The first kappa shape index (κ1) is 15.5. The summed E-state index contributed by atoms with van der Waals surface area (Å²) in [5, 5.41) is 23.1. The van der Waals surface area contributed by atoms with Gasteiger partial charge in [0.25, 0.3) is 0 Å². The Bertz CT molecular complexity index is 512. The Morgan fingerprint density at radius 3 is 3.00 bits per heavy atom. The number of nitrogens with one attached hydrogen (secondary N) is 3. The second-order valence-electron chi connectivity index (χ2n) is 5.41. The third-order valence-electron chi connectivity index (χ3n) is 3.87. The van der Waals surface area contributed by atoms with Crippen LogP contribution in [0.3, 0.4) is 0 Å². The molecule has 1 heterocycles. The second kappa shape index (κ2) is 7.19. The highest BCUT2D eigenvalue weighted by Crippen LogP contribution is 2.24. The predicted octanol–water partition coefficient (Wildman–Crippen LogP) is 0.887. The fraction of sp³-hybridized carbons (Fsp3) is 0.467. The smallest absolute Gasteiger partial charge is 0.307 e. The van der Waals surface area contributed by atoms with Crippen molar-refractivity contribution in [3.8, 4) is 0 Å². The Hall–Kier alpha value is -1.92. The summed E-state index contributed by atoms with van der Waals surface area (Å²) in [6, 6.07) is 7.53. The summed E-state index contributed by atoms with van der Waals surface area (Å²) >= 11 is 0. The molecule has 0 radical (unpaired) electrons. The lowest BCUT2D eigenvalue weighted by Crippen LogP contribution is -2.27. The Morgan fingerprint density at radius 2 is 2.38 bits per heavy atom.